The molecular formula is C20H23FN10O10P2S. The maximum atomic E-state index is 15.9. The van der Waals surface area contributed by atoms with Gasteiger partial charge in [-0.3, -0.25) is 27.2 Å². The summed E-state index contributed by atoms with van der Waals surface area (Å²) in [4.78, 5) is 34.7. The Morgan fingerprint density at radius 2 is 1.41 bits per heavy atom. The number of nitrogens with zero attached hydrogens (tertiary/aromatic N) is 8. The van der Waals surface area contributed by atoms with Crippen LogP contribution in [0.5, 0.6) is 0 Å². The highest BCUT2D eigenvalue weighted by Crippen LogP contribution is 2.58. The Balaban J connectivity index is 1.20. The SMILES string of the molecule is Nc1ncnc2c1ncn2[C@@H]1O[C@@H]2CO[P@@](=O)(S)O[C@H]3C(O)[C@@H](COP(=O)(O)O[C@@H]2C1F)O[C@H]3n1cnc2c(N)ncnc21. The number of phosphoric ester groups is 1. The summed E-state index contributed by atoms with van der Waals surface area (Å²) in [6.07, 6.45) is -7.80. The minimum Gasteiger partial charge on any atom is -0.387 e. The summed E-state index contributed by atoms with van der Waals surface area (Å²) in [5.41, 5.74) is 12.4. The largest absolute Gasteiger partial charge is 0.472 e. The fourth-order valence-corrected chi connectivity index (χ4v) is 7.60. The molecule has 0 amide bonds. The van der Waals surface area contributed by atoms with Crippen LogP contribution < -0.4 is 11.5 Å². The fourth-order valence-electron chi connectivity index (χ4n) is 5.19. The number of aliphatic hydroxyl groups excluding tert-OH is 1. The van der Waals surface area contributed by atoms with E-state index in [1.807, 2.05) is 0 Å². The zero-order valence-electron chi connectivity index (χ0n) is 22.0. The lowest BCUT2D eigenvalue weighted by molar-refractivity contribution is -0.0619. The second-order valence-corrected chi connectivity index (χ2v) is 14.2. The van der Waals surface area contributed by atoms with Gasteiger partial charge >= 0.3 is 14.6 Å². The Bertz CT molecular complexity index is 1830. The normalized spacial score (nSPS) is 38.3. The molecule has 4 aromatic rings. The molecule has 0 radical (unpaired) electrons. The van der Waals surface area contributed by atoms with E-state index in [2.05, 4.69) is 42.2 Å². The van der Waals surface area contributed by atoms with Gasteiger partial charge in [-0.25, -0.2) is 43.4 Å². The predicted octanol–water partition coefficient (Wildman–Crippen LogP) is 0.280. The van der Waals surface area contributed by atoms with Crippen molar-refractivity contribution in [3.8, 4) is 0 Å². The van der Waals surface area contributed by atoms with Crippen molar-refractivity contribution in [2.24, 2.45) is 0 Å². The Morgan fingerprint density at radius 1 is 0.841 bits per heavy atom. The minimum absolute atomic E-state index is 0.0302. The topological polar surface area (TPSA) is 269 Å². The van der Waals surface area contributed by atoms with Gasteiger partial charge in [-0.1, -0.05) is 12.2 Å². The third kappa shape index (κ3) is 5.14. The van der Waals surface area contributed by atoms with Gasteiger partial charge in [0.05, 0.1) is 25.9 Å². The van der Waals surface area contributed by atoms with Crippen molar-refractivity contribution in [1.82, 2.24) is 39.0 Å². The number of nitrogens with two attached hydrogens (primary N) is 2. The summed E-state index contributed by atoms with van der Waals surface area (Å²) in [6.45, 7) is -5.84. The highest BCUT2D eigenvalue weighted by atomic mass is 32.7. The molecule has 3 aliphatic rings. The predicted molar refractivity (Wildman–Crippen MR) is 146 cm³/mol. The van der Waals surface area contributed by atoms with Crippen molar-refractivity contribution in [3.05, 3.63) is 25.3 Å². The quantitative estimate of drug-likeness (QED) is 0.141. The Labute approximate surface area is 250 Å². The van der Waals surface area contributed by atoms with Crippen LogP contribution in [-0.4, -0.2) is 98.9 Å². The summed E-state index contributed by atoms with van der Waals surface area (Å²) < 4.78 is 78.0. The molecule has 3 fully saturated rings. The molecule has 20 nitrogen and oxygen atoms in total. The van der Waals surface area contributed by atoms with Gasteiger partial charge in [0.15, 0.2) is 41.6 Å². The van der Waals surface area contributed by atoms with Crippen LogP contribution in [0.3, 0.4) is 0 Å². The van der Waals surface area contributed by atoms with Crippen molar-refractivity contribution in [2.75, 3.05) is 24.7 Å². The van der Waals surface area contributed by atoms with Crippen molar-refractivity contribution >= 4 is 60.8 Å². The molecular weight excluding hydrogens is 653 g/mol. The highest BCUT2D eigenvalue weighted by Gasteiger charge is 2.54. The molecule has 236 valence electrons. The monoisotopic (exact) mass is 676 g/mol. The molecule has 2 bridgehead atoms. The molecule has 0 aromatic carbocycles. The number of fused-ring (bicyclic) bond motifs is 5. The number of halogens is 1. The van der Waals surface area contributed by atoms with E-state index >= 15 is 4.39 Å². The van der Waals surface area contributed by atoms with E-state index < -0.39 is 77.0 Å². The molecule has 3 unspecified atom stereocenters. The number of rotatable bonds is 2. The van der Waals surface area contributed by atoms with E-state index in [1.54, 1.807) is 0 Å². The molecule has 4 aromatic heterocycles. The summed E-state index contributed by atoms with van der Waals surface area (Å²) in [5, 5.41) is 11.1. The van der Waals surface area contributed by atoms with Crippen LogP contribution >= 0.6 is 26.9 Å². The second-order valence-electron chi connectivity index (χ2n) is 9.90. The number of aromatic nitrogens is 8. The maximum Gasteiger partial charge on any atom is 0.472 e. The van der Waals surface area contributed by atoms with Gasteiger partial charge in [0.1, 0.15) is 54.2 Å². The number of nitrogen functional groups attached to an aromatic ring is 2. The number of thiol groups is 1. The zero-order chi connectivity index (χ0) is 31.0. The smallest absolute Gasteiger partial charge is 0.387 e. The number of ether oxygens (including phenoxy) is 2. The third-order valence-corrected chi connectivity index (χ3v) is 9.82. The summed E-state index contributed by atoms with van der Waals surface area (Å²) in [5.74, 6) is 0.0891. The van der Waals surface area contributed by atoms with Gasteiger partial charge in [-0.05, 0) is 0 Å². The van der Waals surface area contributed by atoms with Crippen molar-refractivity contribution in [3.63, 3.8) is 0 Å². The molecule has 10 atom stereocenters. The average Bonchev–Trinajstić information content (AvgIpc) is 3.73. The molecule has 7 heterocycles. The van der Waals surface area contributed by atoms with Crippen LogP contribution in [0.15, 0.2) is 25.3 Å². The zero-order valence-corrected chi connectivity index (χ0v) is 24.6. The summed E-state index contributed by atoms with van der Waals surface area (Å²) in [6, 6.07) is 0. The van der Waals surface area contributed by atoms with E-state index in [1.165, 1.54) is 28.1 Å². The number of imidazole rings is 2. The van der Waals surface area contributed by atoms with Crippen LogP contribution in [0.4, 0.5) is 16.0 Å². The Hall–Kier alpha value is -2.88. The Kier molecular flexibility index (Phi) is 7.37. The van der Waals surface area contributed by atoms with E-state index in [-0.39, 0.29) is 34.0 Å². The van der Waals surface area contributed by atoms with Crippen LogP contribution in [0.1, 0.15) is 12.5 Å². The average molecular weight is 676 g/mol. The number of phosphoric acid groups is 1. The van der Waals surface area contributed by atoms with Crippen LogP contribution in [0, 0.1) is 0 Å². The number of aliphatic hydroxyl groups is 1. The molecule has 44 heavy (non-hydrogen) atoms. The number of alkyl halides is 1. The summed E-state index contributed by atoms with van der Waals surface area (Å²) in [7, 11) is -5.06. The molecule has 6 N–H and O–H groups in total. The molecule has 0 saturated carbocycles. The number of anilines is 2. The number of hydrogen-bond donors (Lipinski definition) is 5. The number of hydrogen-bond acceptors (Lipinski definition) is 17. The van der Waals surface area contributed by atoms with Crippen LogP contribution in [0.2, 0.25) is 0 Å². The highest BCUT2D eigenvalue weighted by molar-refractivity contribution is 8.44. The van der Waals surface area contributed by atoms with Crippen molar-refractivity contribution in [1.29, 1.82) is 0 Å². The molecule has 3 aliphatic heterocycles. The van der Waals surface area contributed by atoms with Gasteiger partial charge in [-0.15, -0.1) is 0 Å². The first-order valence-electron chi connectivity index (χ1n) is 12.7. The lowest BCUT2D eigenvalue weighted by Gasteiger charge is -2.26. The van der Waals surface area contributed by atoms with E-state index in [9.17, 15) is 19.1 Å². The second kappa shape index (κ2) is 10.9. The van der Waals surface area contributed by atoms with Gasteiger partial charge in [-0.2, -0.15) is 0 Å². The van der Waals surface area contributed by atoms with E-state index in [0.29, 0.717) is 0 Å². The molecule has 0 spiro atoms. The van der Waals surface area contributed by atoms with Crippen LogP contribution in [0.25, 0.3) is 22.3 Å². The maximum absolute atomic E-state index is 15.9. The van der Waals surface area contributed by atoms with Gasteiger partial charge in [0.25, 0.3) is 0 Å². The first kappa shape index (κ1) is 29.8. The van der Waals surface area contributed by atoms with E-state index in [0.717, 1.165) is 6.33 Å². The molecule has 3 saturated heterocycles. The lowest BCUT2D eigenvalue weighted by atomic mass is 10.1. The van der Waals surface area contributed by atoms with Gasteiger partial charge in [0.2, 0.25) is 0 Å². The Morgan fingerprint density at radius 3 is 2.05 bits per heavy atom. The van der Waals surface area contributed by atoms with Gasteiger partial charge < -0.3 is 30.9 Å². The van der Waals surface area contributed by atoms with Crippen molar-refractivity contribution in [2.45, 2.75) is 49.1 Å². The van der Waals surface area contributed by atoms with Gasteiger partial charge in [0, 0.05) is 0 Å². The minimum atomic E-state index is -5.06. The molecule has 0 aliphatic carbocycles. The molecule has 24 heteroatoms. The van der Waals surface area contributed by atoms with Crippen molar-refractivity contribution < 1.29 is 51.1 Å². The van der Waals surface area contributed by atoms with Crippen LogP contribution in [-0.2, 0) is 36.7 Å². The summed E-state index contributed by atoms with van der Waals surface area (Å²) >= 11 is 4.04. The lowest BCUT2D eigenvalue weighted by Crippen LogP contribution is -2.35. The third-order valence-electron chi connectivity index (χ3n) is 7.22. The molecule has 7 rings (SSSR count). The van der Waals surface area contributed by atoms with E-state index in [4.69, 9.17) is 39.0 Å². The first-order valence-corrected chi connectivity index (χ1v) is 16.9. The standard InChI is InChI=1S/C20H23FN10O10P2S/c21-9-13-8(39-19(9)30-5-28-10-15(22)24-3-26-17(10)30)2-37-43(35,44)41-14-12(32)7(1-36-42(33,34)40-13)38-20(14)31-6-29-11-16(23)25-4-27-18(11)31/h3-9,12-14,19-20,32H,1-2H2,(H,33,34)(H,35,44)(H2,22,24,26)(H2,23,25,27)/t7-,8-,9?,12?,13+,14+,19-,20-,43-/m1/s1. The first-order chi connectivity index (χ1) is 20.9. The fraction of sp³-hybridized carbons (Fsp3) is 0.500.